The summed E-state index contributed by atoms with van der Waals surface area (Å²) < 4.78 is 0. The second-order valence-corrected chi connectivity index (χ2v) is 7.06. The van der Waals surface area contributed by atoms with E-state index in [1.54, 1.807) is 17.4 Å². The fourth-order valence-corrected chi connectivity index (χ4v) is 3.45. The molecule has 2 aromatic heterocycles. The van der Waals surface area contributed by atoms with Crippen molar-refractivity contribution in [3.8, 4) is 0 Å². The summed E-state index contributed by atoms with van der Waals surface area (Å²) in [7, 11) is 0. The summed E-state index contributed by atoms with van der Waals surface area (Å²) in [5.74, 6) is 0.111. The molecule has 4 nitrogen and oxygen atoms in total. The molecule has 0 spiro atoms. The molecule has 0 unspecified atom stereocenters. The summed E-state index contributed by atoms with van der Waals surface area (Å²) in [5.41, 5.74) is 1.27. The van der Waals surface area contributed by atoms with Crippen LogP contribution in [0.15, 0.2) is 42.7 Å². The lowest BCUT2D eigenvalue weighted by molar-refractivity contribution is -0.127. The summed E-state index contributed by atoms with van der Waals surface area (Å²) in [4.78, 5) is 23.0. The zero-order valence-corrected chi connectivity index (χ0v) is 14.1. The van der Waals surface area contributed by atoms with Gasteiger partial charge in [-0.3, -0.25) is 14.7 Å². The highest BCUT2D eigenvalue weighted by Crippen LogP contribution is 2.16. The van der Waals surface area contributed by atoms with Gasteiger partial charge in [-0.15, -0.1) is 11.3 Å². The third-order valence-corrected chi connectivity index (χ3v) is 4.96. The van der Waals surface area contributed by atoms with Crippen LogP contribution in [0.5, 0.6) is 0 Å². The first-order valence-electron chi connectivity index (χ1n) is 7.85. The lowest BCUT2D eigenvalue weighted by Crippen LogP contribution is -2.47. The Morgan fingerprint density at radius 2 is 1.91 bits per heavy atom. The van der Waals surface area contributed by atoms with E-state index in [0.29, 0.717) is 0 Å². The minimum atomic E-state index is 0.111. The SMILES string of the molecule is Cc1ccc(C=CC(=O)N2CCN(Cc3ccncc3)CC2)s1. The van der Waals surface area contributed by atoms with Crippen LogP contribution in [0.2, 0.25) is 0 Å². The number of thiophene rings is 1. The summed E-state index contributed by atoms with van der Waals surface area (Å²) in [6.07, 6.45) is 7.27. The van der Waals surface area contributed by atoms with E-state index >= 15 is 0 Å². The van der Waals surface area contributed by atoms with Gasteiger partial charge in [0.15, 0.2) is 0 Å². The Morgan fingerprint density at radius 3 is 2.57 bits per heavy atom. The molecule has 0 saturated carbocycles. The van der Waals surface area contributed by atoms with Gasteiger partial charge in [0.25, 0.3) is 0 Å². The molecule has 0 N–H and O–H groups in total. The Labute approximate surface area is 141 Å². The second kappa shape index (κ2) is 7.53. The van der Waals surface area contributed by atoms with Gasteiger partial charge in [0.2, 0.25) is 5.91 Å². The van der Waals surface area contributed by atoms with Crippen molar-refractivity contribution < 1.29 is 4.79 Å². The van der Waals surface area contributed by atoms with E-state index in [9.17, 15) is 4.79 Å². The quantitative estimate of drug-likeness (QED) is 0.810. The van der Waals surface area contributed by atoms with Crippen molar-refractivity contribution in [1.29, 1.82) is 0 Å². The van der Waals surface area contributed by atoms with Crippen molar-refractivity contribution in [2.24, 2.45) is 0 Å². The molecule has 0 aromatic carbocycles. The molecule has 0 bridgehead atoms. The van der Waals surface area contributed by atoms with Crippen molar-refractivity contribution in [2.45, 2.75) is 13.5 Å². The van der Waals surface area contributed by atoms with Crippen LogP contribution in [-0.2, 0) is 11.3 Å². The molecule has 3 rings (SSSR count). The smallest absolute Gasteiger partial charge is 0.246 e. The van der Waals surface area contributed by atoms with E-state index in [1.165, 1.54) is 10.4 Å². The number of hydrogen-bond donors (Lipinski definition) is 0. The number of aromatic nitrogens is 1. The normalized spacial score (nSPS) is 16.1. The summed E-state index contributed by atoms with van der Waals surface area (Å²) in [5, 5.41) is 0. The number of aryl methyl sites for hydroxylation is 1. The number of nitrogens with zero attached hydrogens (tertiary/aromatic N) is 3. The monoisotopic (exact) mass is 327 g/mol. The Hall–Kier alpha value is -1.98. The number of hydrogen-bond acceptors (Lipinski definition) is 4. The molecule has 2 aromatic rings. The molecule has 1 saturated heterocycles. The van der Waals surface area contributed by atoms with Crippen LogP contribution in [-0.4, -0.2) is 46.9 Å². The molecule has 0 aliphatic carbocycles. The first-order valence-corrected chi connectivity index (χ1v) is 8.67. The number of pyridine rings is 1. The van der Waals surface area contributed by atoms with Crippen molar-refractivity contribution in [2.75, 3.05) is 26.2 Å². The molecular weight excluding hydrogens is 306 g/mol. The Kier molecular flexibility index (Phi) is 5.20. The fourth-order valence-electron chi connectivity index (χ4n) is 2.67. The molecule has 3 heterocycles. The topological polar surface area (TPSA) is 36.4 Å². The van der Waals surface area contributed by atoms with E-state index in [0.717, 1.165) is 37.6 Å². The summed E-state index contributed by atoms with van der Waals surface area (Å²) in [6, 6.07) is 8.22. The molecular formula is C18H21N3OS. The molecule has 1 fully saturated rings. The van der Waals surface area contributed by atoms with Gasteiger partial charge in [0.1, 0.15) is 0 Å². The lowest BCUT2D eigenvalue weighted by atomic mass is 10.2. The van der Waals surface area contributed by atoms with Crippen molar-refractivity contribution in [3.05, 3.63) is 58.1 Å². The Morgan fingerprint density at radius 1 is 1.17 bits per heavy atom. The maximum Gasteiger partial charge on any atom is 0.246 e. The highest BCUT2D eigenvalue weighted by molar-refractivity contribution is 7.12. The van der Waals surface area contributed by atoms with Gasteiger partial charge in [-0.1, -0.05) is 0 Å². The fraction of sp³-hybridized carbons (Fsp3) is 0.333. The van der Waals surface area contributed by atoms with Crippen molar-refractivity contribution in [3.63, 3.8) is 0 Å². The Bertz CT molecular complexity index is 673. The van der Waals surface area contributed by atoms with E-state index in [4.69, 9.17) is 0 Å². The van der Waals surface area contributed by atoms with Gasteiger partial charge in [0, 0.05) is 60.9 Å². The molecule has 5 heteroatoms. The van der Waals surface area contributed by atoms with Gasteiger partial charge in [-0.2, -0.15) is 0 Å². The van der Waals surface area contributed by atoms with Gasteiger partial charge >= 0.3 is 0 Å². The standard InChI is InChI=1S/C18H21N3OS/c1-15-2-3-17(23-15)4-5-18(22)21-12-10-20(11-13-21)14-16-6-8-19-9-7-16/h2-9H,10-14H2,1H3. The molecule has 0 radical (unpaired) electrons. The van der Waals surface area contributed by atoms with E-state index in [2.05, 4.69) is 28.9 Å². The van der Waals surface area contributed by atoms with Gasteiger partial charge < -0.3 is 4.90 Å². The minimum absolute atomic E-state index is 0.111. The summed E-state index contributed by atoms with van der Waals surface area (Å²) in [6.45, 7) is 6.41. The molecule has 1 aliphatic rings. The van der Waals surface area contributed by atoms with Crippen molar-refractivity contribution >= 4 is 23.3 Å². The molecule has 0 atom stereocenters. The van der Waals surface area contributed by atoms with Crippen LogP contribution in [0, 0.1) is 6.92 Å². The van der Waals surface area contributed by atoms with Crippen LogP contribution in [0.25, 0.3) is 6.08 Å². The maximum absolute atomic E-state index is 12.3. The number of carbonyl (C=O) groups is 1. The van der Waals surface area contributed by atoms with Gasteiger partial charge in [-0.05, 0) is 42.8 Å². The number of amides is 1. The largest absolute Gasteiger partial charge is 0.337 e. The number of carbonyl (C=O) groups excluding carboxylic acids is 1. The van der Waals surface area contributed by atoms with Crippen LogP contribution in [0.3, 0.4) is 0 Å². The highest BCUT2D eigenvalue weighted by atomic mass is 32.1. The predicted octanol–water partition coefficient (Wildman–Crippen LogP) is 2.81. The number of piperazine rings is 1. The number of rotatable bonds is 4. The average molecular weight is 327 g/mol. The van der Waals surface area contributed by atoms with Crippen LogP contribution >= 0.6 is 11.3 Å². The summed E-state index contributed by atoms with van der Waals surface area (Å²) >= 11 is 1.71. The molecule has 1 aliphatic heterocycles. The van der Waals surface area contributed by atoms with Crippen molar-refractivity contribution in [1.82, 2.24) is 14.8 Å². The zero-order valence-electron chi connectivity index (χ0n) is 13.3. The van der Waals surface area contributed by atoms with Gasteiger partial charge in [0.05, 0.1) is 0 Å². The average Bonchev–Trinajstić information content (AvgIpc) is 3.00. The van der Waals surface area contributed by atoms with E-state index in [1.807, 2.05) is 35.5 Å². The minimum Gasteiger partial charge on any atom is -0.337 e. The van der Waals surface area contributed by atoms with Gasteiger partial charge in [-0.25, -0.2) is 0 Å². The predicted molar refractivity (Wildman–Crippen MR) is 94.2 cm³/mol. The van der Waals surface area contributed by atoms with Crippen LogP contribution in [0.1, 0.15) is 15.3 Å². The maximum atomic E-state index is 12.3. The highest BCUT2D eigenvalue weighted by Gasteiger charge is 2.19. The zero-order chi connectivity index (χ0) is 16.1. The van der Waals surface area contributed by atoms with E-state index < -0.39 is 0 Å². The molecule has 23 heavy (non-hydrogen) atoms. The Balaban J connectivity index is 1.48. The molecule has 1 amide bonds. The first-order chi connectivity index (χ1) is 11.2. The first kappa shape index (κ1) is 15.9. The third kappa shape index (κ3) is 4.50. The second-order valence-electron chi connectivity index (χ2n) is 5.74. The third-order valence-electron chi connectivity index (χ3n) is 3.99. The van der Waals surface area contributed by atoms with Crippen LogP contribution in [0.4, 0.5) is 0 Å². The van der Waals surface area contributed by atoms with E-state index in [-0.39, 0.29) is 5.91 Å². The van der Waals surface area contributed by atoms with Crippen LogP contribution < -0.4 is 0 Å². The lowest BCUT2D eigenvalue weighted by Gasteiger charge is -2.34. The molecule has 120 valence electrons.